The van der Waals surface area contributed by atoms with Crippen LogP contribution in [0.4, 0.5) is 19.0 Å². The lowest BCUT2D eigenvalue weighted by molar-refractivity contribution is -0.137. The molecule has 0 saturated carbocycles. The molecule has 3 rings (SSSR count). The number of nitrogens with zero attached hydrogens (tertiary/aromatic N) is 2. The molecule has 0 bridgehead atoms. The molecule has 0 aliphatic heterocycles. The number of aliphatic imine (C=N–C) groups is 1. The first-order chi connectivity index (χ1) is 17.2. The maximum Gasteiger partial charge on any atom is 0.416 e. The molecule has 1 heterocycles. The summed E-state index contributed by atoms with van der Waals surface area (Å²) in [4.78, 5) is 30.8. The molecule has 188 valence electrons. The molecule has 36 heavy (non-hydrogen) atoms. The van der Waals surface area contributed by atoms with E-state index in [1.54, 1.807) is 25.2 Å². The minimum Gasteiger partial charge on any atom is -0.390 e. The molecule has 11 heteroatoms. The van der Waals surface area contributed by atoms with Gasteiger partial charge < -0.3 is 16.8 Å². The van der Waals surface area contributed by atoms with Gasteiger partial charge in [0.1, 0.15) is 12.1 Å². The SMILES string of the molecule is CN.CN=CN.O=Cc1cc(C#Cc2ccc(Cl)c(C(=O)Nc3ccccn3)c2)cc(C(F)(F)F)c1. The van der Waals surface area contributed by atoms with E-state index in [1.165, 1.54) is 43.8 Å². The van der Waals surface area contributed by atoms with E-state index >= 15 is 0 Å². The molecule has 1 amide bonds. The van der Waals surface area contributed by atoms with Gasteiger partial charge in [-0.25, -0.2) is 4.98 Å². The van der Waals surface area contributed by atoms with E-state index in [1.807, 2.05) is 0 Å². The van der Waals surface area contributed by atoms with Gasteiger partial charge in [-0.2, -0.15) is 13.2 Å². The maximum absolute atomic E-state index is 13.0. The number of halogens is 4. The lowest BCUT2D eigenvalue weighted by Gasteiger charge is -2.07. The summed E-state index contributed by atoms with van der Waals surface area (Å²) in [5.74, 6) is 5.10. The average Bonchev–Trinajstić information content (AvgIpc) is 2.89. The summed E-state index contributed by atoms with van der Waals surface area (Å²) < 4.78 is 39.0. The lowest BCUT2D eigenvalue weighted by Crippen LogP contribution is -2.13. The first kappa shape index (κ1) is 29.8. The van der Waals surface area contributed by atoms with Crippen molar-refractivity contribution in [3.63, 3.8) is 0 Å². The Morgan fingerprint density at radius 2 is 1.75 bits per heavy atom. The molecule has 3 aromatic rings. The number of benzene rings is 2. The van der Waals surface area contributed by atoms with Crippen LogP contribution < -0.4 is 16.8 Å². The zero-order valence-electron chi connectivity index (χ0n) is 19.3. The number of hydrogen-bond acceptors (Lipinski definition) is 5. The van der Waals surface area contributed by atoms with Crippen LogP contribution in [-0.4, -0.2) is 37.6 Å². The molecule has 7 nitrogen and oxygen atoms in total. The highest BCUT2D eigenvalue weighted by Gasteiger charge is 2.31. The van der Waals surface area contributed by atoms with Crippen LogP contribution in [0.3, 0.4) is 0 Å². The number of hydrogen-bond donors (Lipinski definition) is 3. The van der Waals surface area contributed by atoms with Gasteiger partial charge in [-0.05, 0) is 55.6 Å². The first-order valence-electron chi connectivity index (χ1n) is 10.1. The molecule has 0 unspecified atom stereocenters. The highest BCUT2D eigenvalue weighted by molar-refractivity contribution is 6.34. The van der Waals surface area contributed by atoms with E-state index in [2.05, 4.69) is 32.9 Å². The Morgan fingerprint density at radius 1 is 1.08 bits per heavy atom. The number of alkyl halides is 3. The fourth-order valence-electron chi connectivity index (χ4n) is 2.50. The first-order valence-corrected chi connectivity index (χ1v) is 10.5. The number of aromatic nitrogens is 1. The predicted molar refractivity (Wildman–Crippen MR) is 135 cm³/mol. The summed E-state index contributed by atoms with van der Waals surface area (Å²) in [5.41, 5.74) is 8.63. The summed E-state index contributed by atoms with van der Waals surface area (Å²) in [6.45, 7) is 0. The average molecular weight is 518 g/mol. The summed E-state index contributed by atoms with van der Waals surface area (Å²) >= 11 is 6.09. The Balaban J connectivity index is 0.000000982. The third kappa shape index (κ3) is 9.58. The third-order valence-electron chi connectivity index (χ3n) is 4.04. The van der Waals surface area contributed by atoms with Crippen molar-refractivity contribution in [3.8, 4) is 11.8 Å². The number of nitrogens with two attached hydrogens (primary N) is 2. The van der Waals surface area contributed by atoms with Crippen molar-refractivity contribution < 1.29 is 22.8 Å². The van der Waals surface area contributed by atoms with Crippen LogP contribution >= 0.6 is 11.6 Å². The van der Waals surface area contributed by atoms with Gasteiger partial charge in [0.2, 0.25) is 0 Å². The van der Waals surface area contributed by atoms with Crippen molar-refractivity contribution in [3.05, 3.63) is 93.6 Å². The number of amides is 1. The molecule has 0 aliphatic carbocycles. The van der Waals surface area contributed by atoms with E-state index in [4.69, 9.17) is 17.3 Å². The molecular weight excluding hydrogens is 495 g/mol. The van der Waals surface area contributed by atoms with Crippen LogP contribution in [0.5, 0.6) is 0 Å². The van der Waals surface area contributed by atoms with Crippen LogP contribution in [0.1, 0.15) is 37.4 Å². The summed E-state index contributed by atoms with van der Waals surface area (Å²) in [7, 11) is 3.12. The molecule has 0 fully saturated rings. The quantitative estimate of drug-likeness (QED) is 0.206. The van der Waals surface area contributed by atoms with Gasteiger partial charge in [0.05, 0.1) is 22.5 Å². The van der Waals surface area contributed by atoms with Crippen LogP contribution in [0.15, 0.2) is 65.8 Å². The second-order valence-corrected chi connectivity index (χ2v) is 6.89. The smallest absolute Gasteiger partial charge is 0.390 e. The van der Waals surface area contributed by atoms with Crippen molar-refractivity contribution >= 4 is 36.0 Å². The Morgan fingerprint density at radius 3 is 2.31 bits per heavy atom. The Labute approximate surface area is 211 Å². The molecule has 0 spiro atoms. The largest absolute Gasteiger partial charge is 0.416 e. The Bertz CT molecular complexity index is 1250. The van der Waals surface area contributed by atoms with Crippen molar-refractivity contribution in [1.82, 2.24) is 4.98 Å². The third-order valence-corrected chi connectivity index (χ3v) is 4.37. The Hall–Kier alpha value is -4.20. The summed E-state index contributed by atoms with van der Waals surface area (Å²) in [6.07, 6.45) is -1.52. The minimum atomic E-state index is -4.60. The number of aldehydes is 1. The zero-order chi connectivity index (χ0) is 27.1. The molecule has 0 radical (unpaired) electrons. The highest BCUT2D eigenvalue weighted by Crippen LogP contribution is 2.30. The molecule has 2 aromatic carbocycles. The van der Waals surface area contributed by atoms with Crippen LogP contribution in [0.2, 0.25) is 5.02 Å². The number of rotatable bonds is 3. The van der Waals surface area contributed by atoms with Crippen LogP contribution in [0, 0.1) is 11.8 Å². The number of carbonyl (C=O) groups excluding carboxylic acids is 2. The van der Waals surface area contributed by atoms with Crippen LogP contribution in [-0.2, 0) is 6.18 Å². The normalized spacial score (nSPS) is 10.1. The van der Waals surface area contributed by atoms with Crippen LogP contribution in [0.25, 0.3) is 0 Å². The number of pyridine rings is 1. The van der Waals surface area contributed by atoms with Gasteiger partial charge >= 0.3 is 6.18 Å². The lowest BCUT2D eigenvalue weighted by atomic mass is 10.1. The monoisotopic (exact) mass is 517 g/mol. The van der Waals surface area contributed by atoms with E-state index < -0.39 is 17.6 Å². The number of carbonyl (C=O) groups is 2. The number of anilines is 1. The van der Waals surface area contributed by atoms with Crippen molar-refractivity contribution in [2.45, 2.75) is 6.18 Å². The number of nitrogens with one attached hydrogen (secondary N) is 1. The fourth-order valence-corrected chi connectivity index (χ4v) is 2.70. The molecular formula is C25H23ClF3N5O2. The van der Waals surface area contributed by atoms with Gasteiger partial charge in [0.25, 0.3) is 5.91 Å². The predicted octanol–water partition coefficient (Wildman–Crippen LogP) is 4.40. The molecule has 5 N–H and O–H groups in total. The van der Waals surface area contributed by atoms with Crippen molar-refractivity contribution in [2.75, 3.05) is 19.4 Å². The van der Waals surface area contributed by atoms with Gasteiger partial charge in [0, 0.05) is 29.9 Å². The maximum atomic E-state index is 13.0. The fraction of sp³-hybridized carbons (Fsp3) is 0.120. The highest BCUT2D eigenvalue weighted by atomic mass is 35.5. The van der Waals surface area contributed by atoms with E-state index in [-0.39, 0.29) is 21.7 Å². The minimum absolute atomic E-state index is 0.0152. The van der Waals surface area contributed by atoms with E-state index in [0.29, 0.717) is 17.7 Å². The van der Waals surface area contributed by atoms with E-state index in [0.717, 1.165) is 12.1 Å². The molecule has 0 saturated heterocycles. The Kier molecular flexibility index (Phi) is 12.4. The second kappa shape index (κ2) is 14.9. The molecule has 0 atom stereocenters. The summed E-state index contributed by atoms with van der Waals surface area (Å²) in [6, 6.07) is 12.3. The van der Waals surface area contributed by atoms with Crippen molar-refractivity contribution in [1.29, 1.82) is 0 Å². The van der Waals surface area contributed by atoms with Gasteiger partial charge in [-0.3, -0.25) is 14.6 Å². The van der Waals surface area contributed by atoms with Gasteiger partial charge in [-0.1, -0.05) is 29.5 Å². The van der Waals surface area contributed by atoms with Crippen molar-refractivity contribution in [2.24, 2.45) is 16.5 Å². The zero-order valence-corrected chi connectivity index (χ0v) is 20.1. The topological polar surface area (TPSA) is 123 Å². The standard InChI is InChI=1S/C22H12ClF3N2O2.C2H6N2.CH5N/c23-19-7-6-14(12-18(19)21(30)28-20-3-1-2-8-27-20)4-5-15-9-16(13-29)11-17(10-15)22(24,25)26;1-4-2-3;1-2/h1-3,6-13H,(H,27,28,30);2H,1H3,(H2,3,4);2H2,1H3. The molecule has 0 aliphatic rings. The van der Waals surface area contributed by atoms with Gasteiger partial charge in [0.15, 0.2) is 0 Å². The van der Waals surface area contributed by atoms with Gasteiger partial charge in [-0.15, -0.1) is 0 Å². The van der Waals surface area contributed by atoms with E-state index in [9.17, 15) is 22.8 Å². The second-order valence-electron chi connectivity index (χ2n) is 6.48. The molecule has 1 aromatic heterocycles. The summed E-state index contributed by atoms with van der Waals surface area (Å²) in [5, 5.41) is 2.77.